The van der Waals surface area contributed by atoms with Crippen LogP contribution in [0.2, 0.25) is 0 Å². The Morgan fingerprint density at radius 3 is 2.62 bits per heavy atom. The van der Waals surface area contributed by atoms with E-state index in [-0.39, 0.29) is 17.1 Å². The molecule has 0 bridgehead atoms. The summed E-state index contributed by atoms with van der Waals surface area (Å²) in [5.74, 6) is -1.13. The number of carbonyl (C=O) groups excluding carboxylic acids is 1. The third kappa shape index (κ3) is 3.61. The molecule has 1 aromatic rings. The zero-order chi connectivity index (χ0) is 15.5. The predicted octanol–water partition coefficient (Wildman–Crippen LogP) is 2.42. The van der Waals surface area contributed by atoms with Gasteiger partial charge in [0.05, 0.1) is 11.2 Å². The number of amides is 1. The third-order valence-electron chi connectivity index (χ3n) is 4.18. The molecule has 21 heavy (non-hydrogen) atoms. The number of rotatable bonds is 3. The molecule has 114 valence electrons. The van der Waals surface area contributed by atoms with Crippen molar-refractivity contribution < 1.29 is 19.4 Å². The molecule has 0 spiro atoms. The Labute approximate surface area is 124 Å². The van der Waals surface area contributed by atoms with Crippen molar-refractivity contribution in [1.82, 2.24) is 4.90 Å². The van der Waals surface area contributed by atoms with Crippen LogP contribution in [0.3, 0.4) is 0 Å². The number of methoxy groups -OCH3 is 1. The van der Waals surface area contributed by atoms with Crippen molar-refractivity contribution in [2.45, 2.75) is 31.8 Å². The largest absolute Gasteiger partial charge is 0.478 e. The molecule has 1 saturated heterocycles. The van der Waals surface area contributed by atoms with E-state index in [4.69, 9.17) is 9.84 Å². The summed E-state index contributed by atoms with van der Waals surface area (Å²) >= 11 is 0. The van der Waals surface area contributed by atoms with Gasteiger partial charge in [0.2, 0.25) is 0 Å². The molecule has 0 aliphatic carbocycles. The van der Waals surface area contributed by atoms with E-state index in [1.54, 1.807) is 24.1 Å². The second-order valence-electron chi connectivity index (χ2n) is 5.69. The highest BCUT2D eigenvalue weighted by Gasteiger charge is 2.29. The monoisotopic (exact) mass is 291 g/mol. The lowest BCUT2D eigenvalue weighted by atomic mass is 9.97. The molecule has 1 amide bonds. The first-order valence-electron chi connectivity index (χ1n) is 7.13. The molecule has 1 atom stereocenters. The minimum Gasteiger partial charge on any atom is -0.478 e. The molecule has 1 aliphatic heterocycles. The number of carboxylic acids is 1. The van der Waals surface area contributed by atoms with Gasteiger partial charge in [0, 0.05) is 25.8 Å². The Kier molecular flexibility index (Phi) is 4.63. The number of hydrogen-bond donors (Lipinski definition) is 1. The molecule has 0 radical (unpaired) electrons. The first-order chi connectivity index (χ1) is 9.95. The summed E-state index contributed by atoms with van der Waals surface area (Å²) in [6, 6.07) is 6.19. The van der Waals surface area contributed by atoms with Gasteiger partial charge < -0.3 is 14.7 Å². The number of ether oxygens (including phenoxy) is 1. The summed E-state index contributed by atoms with van der Waals surface area (Å²) in [6.07, 6.45) is 2.59. The van der Waals surface area contributed by atoms with Gasteiger partial charge in [-0.15, -0.1) is 0 Å². The highest BCUT2D eigenvalue weighted by Crippen LogP contribution is 2.25. The minimum absolute atomic E-state index is 0.113. The summed E-state index contributed by atoms with van der Waals surface area (Å²) in [5, 5.41) is 9.01. The normalized spacial score (nSPS) is 22.7. The van der Waals surface area contributed by atoms with E-state index < -0.39 is 5.97 Å². The topological polar surface area (TPSA) is 66.8 Å². The van der Waals surface area contributed by atoms with Gasteiger partial charge in [0.1, 0.15) is 0 Å². The van der Waals surface area contributed by atoms with E-state index in [0.717, 1.165) is 19.3 Å². The SMILES string of the molecule is COC1(C)CCCN(C(=O)c2cccc(C(=O)O)c2)CC1. The zero-order valence-corrected chi connectivity index (χ0v) is 12.5. The van der Waals surface area contributed by atoms with E-state index in [0.29, 0.717) is 18.7 Å². The average Bonchev–Trinajstić information content (AvgIpc) is 2.69. The van der Waals surface area contributed by atoms with E-state index in [1.165, 1.54) is 12.1 Å². The summed E-state index contributed by atoms with van der Waals surface area (Å²) in [6.45, 7) is 3.36. The van der Waals surface area contributed by atoms with Crippen molar-refractivity contribution in [3.63, 3.8) is 0 Å². The van der Waals surface area contributed by atoms with Crippen LogP contribution in [0.15, 0.2) is 24.3 Å². The Morgan fingerprint density at radius 1 is 1.24 bits per heavy atom. The van der Waals surface area contributed by atoms with Crippen molar-refractivity contribution in [1.29, 1.82) is 0 Å². The zero-order valence-electron chi connectivity index (χ0n) is 12.5. The van der Waals surface area contributed by atoms with Crippen LogP contribution in [0.5, 0.6) is 0 Å². The lowest BCUT2D eigenvalue weighted by Crippen LogP contribution is -2.34. The van der Waals surface area contributed by atoms with Gasteiger partial charge in [-0.1, -0.05) is 6.07 Å². The highest BCUT2D eigenvalue weighted by atomic mass is 16.5. The smallest absolute Gasteiger partial charge is 0.335 e. The maximum Gasteiger partial charge on any atom is 0.335 e. The van der Waals surface area contributed by atoms with E-state index in [1.807, 2.05) is 0 Å². The van der Waals surface area contributed by atoms with Crippen LogP contribution in [0.1, 0.15) is 46.9 Å². The first-order valence-corrected chi connectivity index (χ1v) is 7.13. The molecule has 1 fully saturated rings. The van der Waals surface area contributed by atoms with Crippen LogP contribution in [0.4, 0.5) is 0 Å². The maximum atomic E-state index is 12.5. The quantitative estimate of drug-likeness (QED) is 0.928. The Bertz CT molecular complexity index is 543. The molecule has 1 aromatic carbocycles. The molecule has 1 N–H and O–H groups in total. The molecule has 1 heterocycles. The number of likely N-dealkylation sites (tertiary alicyclic amines) is 1. The van der Waals surface area contributed by atoms with Gasteiger partial charge in [0.25, 0.3) is 5.91 Å². The average molecular weight is 291 g/mol. The van der Waals surface area contributed by atoms with Crippen molar-refractivity contribution in [3.05, 3.63) is 35.4 Å². The lowest BCUT2D eigenvalue weighted by molar-refractivity contribution is -0.00537. The van der Waals surface area contributed by atoms with E-state index in [9.17, 15) is 9.59 Å². The Balaban J connectivity index is 2.13. The van der Waals surface area contributed by atoms with Crippen LogP contribution < -0.4 is 0 Å². The molecule has 1 aliphatic rings. The Morgan fingerprint density at radius 2 is 1.95 bits per heavy atom. The van der Waals surface area contributed by atoms with Crippen LogP contribution in [-0.2, 0) is 4.74 Å². The van der Waals surface area contributed by atoms with Crippen molar-refractivity contribution in [2.24, 2.45) is 0 Å². The number of nitrogens with zero attached hydrogens (tertiary/aromatic N) is 1. The number of benzene rings is 1. The Hall–Kier alpha value is -1.88. The van der Waals surface area contributed by atoms with E-state index in [2.05, 4.69) is 6.92 Å². The highest BCUT2D eigenvalue weighted by molar-refractivity contribution is 5.97. The molecule has 0 saturated carbocycles. The van der Waals surface area contributed by atoms with Crippen molar-refractivity contribution in [2.75, 3.05) is 20.2 Å². The number of hydrogen-bond acceptors (Lipinski definition) is 3. The van der Waals surface area contributed by atoms with Crippen molar-refractivity contribution in [3.8, 4) is 0 Å². The third-order valence-corrected chi connectivity index (χ3v) is 4.18. The second-order valence-corrected chi connectivity index (χ2v) is 5.69. The van der Waals surface area contributed by atoms with Gasteiger partial charge in [0.15, 0.2) is 0 Å². The van der Waals surface area contributed by atoms with Gasteiger partial charge in [-0.2, -0.15) is 0 Å². The maximum absolute atomic E-state index is 12.5. The van der Waals surface area contributed by atoms with Crippen LogP contribution in [0, 0.1) is 0 Å². The van der Waals surface area contributed by atoms with Gasteiger partial charge in [-0.05, 0) is 44.4 Å². The van der Waals surface area contributed by atoms with Gasteiger partial charge in [-0.25, -0.2) is 4.79 Å². The van der Waals surface area contributed by atoms with Crippen LogP contribution >= 0.6 is 0 Å². The van der Waals surface area contributed by atoms with Gasteiger partial charge >= 0.3 is 5.97 Å². The molecule has 5 nitrogen and oxygen atoms in total. The second kappa shape index (κ2) is 6.26. The molecular formula is C16H21NO4. The molecule has 2 rings (SSSR count). The minimum atomic E-state index is -1.02. The fourth-order valence-electron chi connectivity index (χ4n) is 2.63. The summed E-state index contributed by atoms with van der Waals surface area (Å²) in [5.41, 5.74) is 0.381. The summed E-state index contributed by atoms with van der Waals surface area (Å²) in [7, 11) is 1.70. The fraction of sp³-hybridized carbons (Fsp3) is 0.500. The summed E-state index contributed by atoms with van der Waals surface area (Å²) < 4.78 is 5.53. The van der Waals surface area contributed by atoms with Crippen LogP contribution in [-0.4, -0.2) is 47.7 Å². The predicted molar refractivity (Wildman–Crippen MR) is 78.6 cm³/mol. The lowest BCUT2D eigenvalue weighted by Gasteiger charge is -2.26. The fourth-order valence-corrected chi connectivity index (χ4v) is 2.63. The summed E-state index contributed by atoms with van der Waals surface area (Å²) in [4.78, 5) is 25.3. The van der Waals surface area contributed by atoms with Crippen molar-refractivity contribution >= 4 is 11.9 Å². The molecule has 1 unspecified atom stereocenters. The molecular weight excluding hydrogens is 270 g/mol. The van der Waals surface area contributed by atoms with E-state index >= 15 is 0 Å². The van der Waals surface area contributed by atoms with Gasteiger partial charge in [-0.3, -0.25) is 4.79 Å². The number of carboxylic acid groups (broad SMARTS) is 1. The first kappa shape index (κ1) is 15.5. The molecule has 0 aromatic heterocycles. The standard InChI is InChI=1S/C16H21NO4/c1-16(21-2)7-4-9-17(10-8-16)14(18)12-5-3-6-13(11-12)15(19)20/h3,5-6,11H,4,7-10H2,1-2H3,(H,19,20). The number of aromatic carboxylic acids is 1. The van der Waals surface area contributed by atoms with Crippen LogP contribution in [0.25, 0.3) is 0 Å². The molecule has 5 heteroatoms. The number of carbonyl (C=O) groups is 2.